The summed E-state index contributed by atoms with van der Waals surface area (Å²) in [6.45, 7) is 0. The molecule has 0 aliphatic heterocycles. The van der Waals surface area contributed by atoms with Crippen molar-refractivity contribution < 1.29 is 8.78 Å². The standard InChI is InChI=1S/C10H5Cl2F2N3O2/c11-4-1-5(12)3-6(2-4)17-10(19)15-9(18)7(16-17)8(13)14/h1-3,8H,(H,15,18,19). The van der Waals surface area contributed by atoms with E-state index in [1.807, 2.05) is 0 Å². The van der Waals surface area contributed by atoms with Gasteiger partial charge in [-0.2, -0.15) is 9.78 Å². The third-order valence-corrected chi connectivity index (χ3v) is 2.59. The molecule has 0 spiro atoms. The zero-order valence-electron chi connectivity index (χ0n) is 9.03. The first kappa shape index (κ1) is 13.7. The van der Waals surface area contributed by atoms with Crippen molar-refractivity contribution in [2.75, 3.05) is 0 Å². The highest BCUT2D eigenvalue weighted by molar-refractivity contribution is 6.34. The third-order valence-electron chi connectivity index (χ3n) is 2.15. The second-order valence-electron chi connectivity index (χ2n) is 3.48. The fourth-order valence-electron chi connectivity index (χ4n) is 1.39. The number of nitrogens with one attached hydrogen (secondary N) is 1. The van der Waals surface area contributed by atoms with Crippen molar-refractivity contribution in [2.45, 2.75) is 6.43 Å². The van der Waals surface area contributed by atoms with E-state index in [-0.39, 0.29) is 15.7 Å². The molecule has 0 saturated carbocycles. The van der Waals surface area contributed by atoms with Gasteiger partial charge in [0.25, 0.3) is 12.0 Å². The van der Waals surface area contributed by atoms with E-state index in [9.17, 15) is 18.4 Å². The van der Waals surface area contributed by atoms with Crippen molar-refractivity contribution in [3.8, 4) is 5.69 Å². The highest BCUT2D eigenvalue weighted by Crippen LogP contribution is 2.20. The molecule has 1 heterocycles. The molecule has 19 heavy (non-hydrogen) atoms. The Morgan fingerprint density at radius 1 is 1.16 bits per heavy atom. The predicted octanol–water partition coefficient (Wildman–Crippen LogP) is 2.17. The van der Waals surface area contributed by atoms with Crippen LogP contribution in [0.4, 0.5) is 8.78 Å². The minimum Gasteiger partial charge on any atom is -0.271 e. The molecule has 5 nitrogen and oxygen atoms in total. The average molecular weight is 308 g/mol. The first-order valence-electron chi connectivity index (χ1n) is 4.86. The number of aromatic nitrogens is 3. The topological polar surface area (TPSA) is 67.8 Å². The van der Waals surface area contributed by atoms with E-state index >= 15 is 0 Å². The summed E-state index contributed by atoms with van der Waals surface area (Å²) in [5.41, 5.74) is -3.19. The lowest BCUT2D eigenvalue weighted by Crippen LogP contribution is -2.34. The van der Waals surface area contributed by atoms with Gasteiger partial charge in [0.1, 0.15) is 0 Å². The molecular weight excluding hydrogens is 303 g/mol. The molecule has 0 unspecified atom stereocenters. The lowest BCUT2D eigenvalue weighted by Gasteiger charge is -2.06. The summed E-state index contributed by atoms with van der Waals surface area (Å²) in [6.07, 6.45) is -3.11. The number of nitrogens with zero attached hydrogens (tertiary/aromatic N) is 2. The van der Waals surface area contributed by atoms with Gasteiger partial charge in [0.2, 0.25) is 0 Å². The lowest BCUT2D eigenvalue weighted by atomic mass is 10.3. The maximum absolute atomic E-state index is 12.6. The van der Waals surface area contributed by atoms with Gasteiger partial charge in [-0.3, -0.25) is 9.78 Å². The largest absolute Gasteiger partial charge is 0.349 e. The van der Waals surface area contributed by atoms with E-state index in [1.165, 1.54) is 18.2 Å². The van der Waals surface area contributed by atoms with Gasteiger partial charge >= 0.3 is 5.69 Å². The van der Waals surface area contributed by atoms with Crippen molar-refractivity contribution in [3.05, 3.63) is 54.8 Å². The van der Waals surface area contributed by atoms with Crippen LogP contribution in [0.1, 0.15) is 12.1 Å². The van der Waals surface area contributed by atoms with Gasteiger partial charge in [0.15, 0.2) is 5.69 Å². The van der Waals surface area contributed by atoms with Gasteiger partial charge in [0, 0.05) is 10.0 Å². The number of benzene rings is 1. The summed E-state index contributed by atoms with van der Waals surface area (Å²) in [5, 5.41) is 3.71. The number of aromatic amines is 1. The molecule has 2 rings (SSSR count). The Bertz CT molecular complexity index is 722. The number of hydrogen-bond acceptors (Lipinski definition) is 3. The molecule has 2 aromatic rings. The smallest absolute Gasteiger partial charge is 0.271 e. The minimum absolute atomic E-state index is 0.0700. The van der Waals surface area contributed by atoms with Gasteiger partial charge in [0.05, 0.1) is 5.69 Å². The van der Waals surface area contributed by atoms with Gasteiger partial charge in [-0.25, -0.2) is 13.6 Å². The molecule has 1 aromatic heterocycles. The number of alkyl halides is 2. The van der Waals surface area contributed by atoms with Crippen LogP contribution in [0.25, 0.3) is 5.69 Å². The molecule has 0 aliphatic rings. The fraction of sp³-hybridized carbons (Fsp3) is 0.100. The number of rotatable bonds is 2. The molecule has 0 radical (unpaired) electrons. The Morgan fingerprint density at radius 2 is 1.74 bits per heavy atom. The number of halogens is 4. The normalized spacial score (nSPS) is 11.0. The van der Waals surface area contributed by atoms with E-state index < -0.39 is 23.4 Å². The van der Waals surface area contributed by atoms with E-state index in [0.29, 0.717) is 4.68 Å². The van der Waals surface area contributed by atoms with Crippen molar-refractivity contribution in [1.82, 2.24) is 14.8 Å². The SMILES string of the molecule is O=c1[nH]c(=O)n(-c2cc(Cl)cc(Cl)c2)nc1C(F)F. The Kier molecular flexibility index (Phi) is 3.68. The molecular formula is C10H5Cl2F2N3O2. The zero-order chi connectivity index (χ0) is 14.2. The summed E-state index contributed by atoms with van der Waals surface area (Å²) < 4.78 is 25.7. The molecule has 0 aliphatic carbocycles. The molecule has 0 atom stereocenters. The maximum Gasteiger partial charge on any atom is 0.349 e. The van der Waals surface area contributed by atoms with Crippen LogP contribution >= 0.6 is 23.2 Å². The monoisotopic (exact) mass is 307 g/mol. The van der Waals surface area contributed by atoms with Gasteiger partial charge in [-0.05, 0) is 18.2 Å². The molecule has 1 aromatic carbocycles. The van der Waals surface area contributed by atoms with Crippen LogP contribution in [-0.2, 0) is 0 Å². The van der Waals surface area contributed by atoms with Gasteiger partial charge in [-0.1, -0.05) is 23.2 Å². The molecule has 0 fully saturated rings. The quantitative estimate of drug-likeness (QED) is 0.924. The van der Waals surface area contributed by atoms with Crippen LogP contribution in [-0.4, -0.2) is 14.8 Å². The Morgan fingerprint density at radius 3 is 2.26 bits per heavy atom. The third kappa shape index (κ3) is 2.82. The van der Waals surface area contributed by atoms with Crippen molar-refractivity contribution in [2.24, 2.45) is 0 Å². The molecule has 9 heteroatoms. The molecule has 0 bridgehead atoms. The maximum atomic E-state index is 12.6. The molecule has 0 saturated heterocycles. The van der Waals surface area contributed by atoms with Crippen molar-refractivity contribution >= 4 is 23.2 Å². The summed E-state index contributed by atoms with van der Waals surface area (Å²) >= 11 is 11.5. The van der Waals surface area contributed by atoms with E-state index in [4.69, 9.17) is 23.2 Å². The highest BCUT2D eigenvalue weighted by atomic mass is 35.5. The summed E-state index contributed by atoms with van der Waals surface area (Å²) in [5.74, 6) is 0. The summed E-state index contributed by atoms with van der Waals surface area (Å²) in [7, 11) is 0. The van der Waals surface area contributed by atoms with Crippen LogP contribution in [0.15, 0.2) is 27.8 Å². The molecule has 1 N–H and O–H groups in total. The van der Waals surface area contributed by atoms with Gasteiger partial charge < -0.3 is 0 Å². The van der Waals surface area contributed by atoms with Crippen LogP contribution in [0.2, 0.25) is 10.0 Å². The molecule has 100 valence electrons. The Balaban J connectivity index is 2.71. The Hall–Kier alpha value is -1.73. The second-order valence-corrected chi connectivity index (χ2v) is 4.36. The number of H-pyrrole nitrogens is 1. The lowest BCUT2D eigenvalue weighted by molar-refractivity contribution is 0.141. The second kappa shape index (κ2) is 5.10. The predicted molar refractivity (Wildman–Crippen MR) is 65.4 cm³/mol. The Labute approximate surface area is 114 Å². The van der Waals surface area contributed by atoms with Crippen LogP contribution in [0.5, 0.6) is 0 Å². The van der Waals surface area contributed by atoms with E-state index in [1.54, 1.807) is 4.98 Å². The van der Waals surface area contributed by atoms with E-state index in [0.717, 1.165) is 0 Å². The van der Waals surface area contributed by atoms with Crippen LogP contribution in [0, 0.1) is 0 Å². The first-order valence-corrected chi connectivity index (χ1v) is 5.62. The summed E-state index contributed by atoms with van der Waals surface area (Å²) in [4.78, 5) is 24.4. The van der Waals surface area contributed by atoms with Crippen molar-refractivity contribution in [1.29, 1.82) is 0 Å². The van der Waals surface area contributed by atoms with E-state index in [2.05, 4.69) is 5.10 Å². The van der Waals surface area contributed by atoms with Gasteiger partial charge in [-0.15, -0.1) is 0 Å². The first-order chi connectivity index (χ1) is 8.88. The minimum atomic E-state index is -3.11. The van der Waals surface area contributed by atoms with Crippen LogP contribution < -0.4 is 11.2 Å². The van der Waals surface area contributed by atoms with Crippen LogP contribution in [0.3, 0.4) is 0 Å². The summed E-state index contributed by atoms with van der Waals surface area (Å²) in [6, 6.07) is 4.00. The highest BCUT2D eigenvalue weighted by Gasteiger charge is 2.17. The van der Waals surface area contributed by atoms with Crippen molar-refractivity contribution in [3.63, 3.8) is 0 Å². The molecule has 0 amide bonds. The zero-order valence-corrected chi connectivity index (χ0v) is 10.5. The average Bonchev–Trinajstić information content (AvgIpc) is 2.26. The number of hydrogen-bond donors (Lipinski definition) is 1. The fourth-order valence-corrected chi connectivity index (χ4v) is 1.91.